The first-order valence-corrected chi connectivity index (χ1v) is 6.95. The molecule has 0 saturated heterocycles. The van der Waals surface area contributed by atoms with E-state index in [9.17, 15) is 4.79 Å². The van der Waals surface area contributed by atoms with Gasteiger partial charge < -0.3 is 11.1 Å². The number of nitrogens with zero attached hydrogens (tertiary/aromatic N) is 1. The van der Waals surface area contributed by atoms with Gasteiger partial charge in [-0.05, 0) is 6.42 Å². The molecule has 1 aromatic rings. The standard InChI is InChI=1S/C12H21N3OS/c1-3-4-5-10(13)11(16)15-8-9(2)12-14-6-7-17-12/h6-7,9-10H,3-5,8,13H2,1-2H3,(H,15,16)/t9?,10-/m0/s1. The monoisotopic (exact) mass is 255 g/mol. The maximum atomic E-state index is 11.7. The van der Waals surface area contributed by atoms with E-state index in [-0.39, 0.29) is 17.9 Å². The second kappa shape index (κ2) is 7.40. The Hall–Kier alpha value is -0.940. The van der Waals surface area contributed by atoms with E-state index in [4.69, 9.17) is 5.73 Å². The summed E-state index contributed by atoms with van der Waals surface area (Å²) in [5.74, 6) is 0.194. The number of unbranched alkanes of at least 4 members (excludes halogenated alkanes) is 1. The Morgan fingerprint density at radius 1 is 1.65 bits per heavy atom. The van der Waals surface area contributed by atoms with E-state index >= 15 is 0 Å². The van der Waals surface area contributed by atoms with Gasteiger partial charge in [0.05, 0.1) is 11.0 Å². The number of nitrogens with one attached hydrogen (secondary N) is 1. The predicted octanol–water partition coefficient (Wildman–Crippen LogP) is 1.88. The van der Waals surface area contributed by atoms with Crippen LogP contribution in [0.25, 0.3) is 0 Å². The SMILES string of the molecule is CCCC[C@H](N)C(=O)NCC(C)c1nccs1. The van der Waals surface area contributed by atoms with Crippen molar-refractivity contribution in [1.29, 1.82) is 0 Å². The van der Waals surface area contributed by atoms with Gasteiger partial charge in [-0.25, -0.2) is 4.98 Å². The maximum absolute atomic E-state index is 11.7. The van der Waals surface area contributed by atoms with Gasteiger partial charge in [-0.15, -0.1) is 11.3 Å². The summed E-state index contributed by atoms with van der Waals surface area (Å²) in [6, 6.07) is -0.376. The number of thiazole rings is 1. The second-order valence-corrected chi connectivity index (χ2v) is 5.19. The molecule has 0 aliphatic rings. The van der Waals surface area contributed by atoms with Crippen molar-refractivity contribution in [2.45, 2.75) is 45.1 Å². The van der Waals surface area contributed by atoms with Crippen LogP contribution in [0.1, 0.15) is 44.0 Å². The summed E-state index contributed by atoms with van der Waals surface area (Å²) in [5, 5.41) is 5.88. The summed E-state index contributed by atoms with van der Waals surface area (Å²) in [6.45, 7) is 4.75. The molecule has 0 aromatic carbocycles. The molecule has 1 unspecified atom stereocenters. The summed E-state index contributed by atoms with van der Waals surface area (Å²) in [5.41, 5.74) is 5.78. The van der Waals surface area contributed by atoms with Crippen LogP contribution in [0.3, 0.4) is 0 Å². The molecule has 0 saturated carbocycles. The minimum absolute atomic E-state index is 0.0538. The van der Waals surface area contributed by atoms with E-state index < -0.39 is 0 Å². The number of hydrogen-bond acceptors (Lipinski definition) is 4. The lowest BCUT2D eigenvalue weighted by atomic mass is 10.1. The molecule has 0 radical (unpaired) electrons. The largest absolute Gasteiger partial charge is 0.354 e. The van der Waals surface area contributed by atoms with E-state index in [2.05, 4.69) is 24.1 Å². The molecule has 1 aromatic heterocycles. The number of aromatic nitrogens is 1. The molecular formula is C12H21N3OS. The van der Waals surface area contributed by atoms with Crippen LogP contribution in [0.15, 0.2) is 11.6 Å². The highest BCUT2D eigenvalue weighted by Gasteiger charge is 2.14. The highest BCUT2D eigenvalue weighted by atomic mass is 32.1. The molecule has 17 heavy (non-hydrogen) atoms. The molecule has 0 aliphatic carbocycles. The van der Waals surface area contributed by atoms with Crippen molar-refractivity contribution in [1.82, 2.24) is 10.3 Å². The van der Waals surface area contributed by atoms with Crippen molar-refractivity contribution in [2.24, 2.45) is 5.73 Å². The summed E-state index contributed by atoms with van der Waals surface area (Å²) in [7, 11) is 0. The van der Waals surface area contributed by atoms with Crippen LogP contribution in [-0.2, 0) is 4.79 Å². The van der Waals surface area contributed by atoms with Gasteiger partial charge in [0.15, 0.2) is 0 Å². The van der Waals surface area contributed by atoms with Crippen molar-refractivity contribution in [2.75, 3.05) is 6.54 Å². The normalized spacial score (nSPS) is 14.3. The van der Waals surface area contributed by atoms with Gasteiger partial charge in [0.2, 0.25) is 5.91 Å². The molecule has 4 nitrogen and oxygen atoms in total. The molecule has 2 atom stereocenters. The van der Waals surface area contributed by atoms with Crippen molar-refractivity contribution >= 4 is 17.2 Å². The Morgan fingerprint density at radius 2 is 2.41 bits per heavy atom. The summed E-state index contributed by atoms with van der Waals surface area (Å²) >= 11 is 1.61. The molecule has 0 spiro atoms. The Bertz CT molecular complexity index is 327. The van der Waals surface area contributed by atoms with Crippen LogP contribution in [-0.4, -0.2) is 23.5 Å². The quantitative estimate of drug-likeness (QED) is 0.781. The van der Waals surface area contributed by atoms with Crippen LogP contribution < -0.4 is 11.1 Å². The number of hydrogen-bond donors (Lipinski definition) is 2. The van der Waals surface area contributed by atoms with Crippen molar-refractivity contribution in [3.8, 4) is 0 Å². The number of rotatable bonds is 7. The fraction of sp³-hybridized carbons (Fsp3) is 0.667. The van der Waals surface area contributed by atoms with Crippen LogP contribution in [0.5, 0.6) is 0 Å². The summed E-state index contributed by atoms with van der Waals surface area (Å²) in [4.78, 5) is 15.9. The Kier molecular flexibility index (Phi) is 6.15. The Morgan fingerprint density at radius 3 is 3.00 bits per heavy atom. The first kappa shape index (κ1) is 14.1. The number of amides is 1. The topological polar surface area (TPSA) is 68.0 Å². The van der Waals surface area contributed by atoms with Gasteiger partial charge in [0.1, 0.15) is 0 Å². The van der Waals surface area contributed by atoms with Gasteiger partial charge >= 0.3 is 0 Å². The zero-order chi connectivity index (χ0) is 12.7. The van der Waals surface area contributed by atoms with E-state index in [0.717, 1.165) is 24.3 Å². The highest BCUT2D eigenvalue weighted by molar-refractivity contribution is 7.09. The number of carbonyl (C=O) groups excluding carboxylic acids is 1. The minimum Gasteiger partial charge on any atom is -0.354 e. The van der Waals surface area contributed by atoms with Gasteiger partial charge in [0.25, 0.3) is 0 Å². The van der Waals surface area contributed by atoms with Crippen LogP contribution >= 0.6 is 11.3 Å². The third kappa shape index (κ3) is 4.83. The lowest BCUT2D eigenvalue weighted by molar-refractivity contribution is -0.122. The first-order valence-electron chi connectivity index (χ1n) is 6.07. The Labute approximate surface area is 107 Å². The van der Waals surface area contributed by atoms with E-state index in [1.807, 2.05) is 5.38 Å². The summed E-state index contributed by atoms with van der Waals surface area (Å²) in [6.07, 6.45) is 4.60. The van der Waals surface area contributed by atoms with Gasteiger partial charge in [-0.2, -0.15) is 0 Å². The zero-order valence-corrected chi connectivity index (χ0v) is 11.3. The molecule has 96 valence electrons. The zero-order valence-electron chi connectivity index (χ0n) is 10.5. The molecule has 1 rings (SSSR count). The maximum Gasteiger partial charge on any atom is 0.236 e. The van der Waals surface area contributed by atoms with Crippen molar-refractivity contribution in [3.05, 3.63) is 16.6 Å². The lowest BCUT2D eigenvalue weighted by Gasteiger charge is -2.14. The third-order valence-electron chi connectivity index (χ3n) is 2.66. The Balaban J connectivity index is 2.28. The molecule has 0 fully saturated rings. The molecule has 1 amide bonds. The molecule has 1 heterocycles. The highest BCUT2D eigenvalue weighted by Crippen LogP contribution is 2.16. The summed E-state index contributed by atoms with van der Waals surface area (Å²) < 4.78 is 0. The fourth-order valence-corrected chi connectivity index (χ4v) is 2.20. The average Bonchev–Trinajstić information content (AvgIpc) is 2.86. The van der Waals surface area contributed by atoms with Gasteiger partial charge in [-0.1, -0.05) is 26.7 Å². The first-order chi connectivity index (χ1) is 8.15. The van der Waals surface area contributed by atoms with Crippen LogP contribution in [0, 0.1) is 0 Å². The average molecular weight is 255 g/mol. The van der Waals surface area contributed by atoms with Gasteiger partial charge in [-0.3, -0.25) is 4.79 Å². The fourth-order valence-electron chi connectivity index (χ4n) is 1.51. The van der Waals surface area contributed by atoms with E-state index in [1.54, 1.807) is 17.5 Å². The second-order valence-electron chi connectivity index (χ2n) is 4.27. The van der Waals surface area contributed by atoms with Crippen LogP contribution in [0.4, 0.5) is 0 Å². The molecule has 3 N–H and O–H groups in total. The molecular weight excluding hydrogens is 234 g/mol. The predicted molar refractivity (Wildman–Crippen MR) is 71.0 cm³/mol. The van der Waals surface area contributed by atoms with E-state index in [1.165, 1.54) is 0 Å². The lowest BCUT2D eigenvalue weighted by Crippen LogP contribution is -2.41. The van der Waals surface area contributed by atoms with Crippen LogP contribution in [0.2, 0.25) is 0 Å². The van der Waals surface area contributed by atoms with Crippen molar-refractivity contribution < 1.29 is 4.79 Å². The number of carbonyl (C=O) groups is 1. The third-order valence-corrected chi connectivity index (χ3v) is 3.67. The van der Waals surface area contributed by atoms with Gasteiger partial charge in [0, 0.05) is 24.0 Å². The van der Waals surface area contributed by atoms with Crippen molar-refractivity contribution in [3.63, 3.8) is 0 Å². The number of nitrogens with two attached hydrogens (primary N) is 1. The van der Waals surface area contributed by atoms with E-state index in [0.29, 0.717) is 6.54 Å². The molecule has 0 bridgehead atoms. The molecule has 5 heteroatoms. The smallest absolute Gasteiger partial charge is 0.236 e. The molecule has 0 aliphatic heterocycles. The minimum atomic E-state index is -0.376.